The number of nitrogens with one attached hydrogen (secondary N) is 1. The Morgan fingerprint density at radius 3 is 2.13 bits per heavy atom. The number of carbonyl (C=O) groups excluding carboxylic acids is 2. The van der Waals surface area contributed by atoms with Gasteiger partial charge in [-0.1, -0.05) is 71.8 Å². The molecule has 10 heteroatoms. The molecule has 0 saturated carbocycles. The molecule has 1 atom stereocenters. The smallest absolute Gasteiger partial charge is 0.264 e. The highest BCUT2D eigenvalue weighted by Crippen LogP contribution is 2.27. The molecule has 0 aliphatic heterocycles. The van der Waals surface area contributed by atoms with Crippen LogP contribution in [0.1, 0.15) is 30.5 Å². The number of benzene rings is 4. The van der Waals surface area contributed by atoms with Gasteiger partial charge in [0.25, 0.3) is 10.0 Å². The predicted octanol–water partition coefficient (Wildman–Crippen LogP) is 6.02. The number of methoxy groups -OCH3 is 1. The molecule has 0 spiro atoms. The number of sulfonamides is 1. The number of halogens is 1. The number of amides is 2. The lowest BCUT2D eigenvalue weighted by Crippen LogP contribution is -2.54. The van der Waals surface area contributed by atoms with Gasteiger partial charge in [0.1, 0.15) is 18.3 Å². The maximum atomic E-state index is 14.5. The molecule has 0 fully saturated rings. The number of hydrogen-bond donors (Lipinski definition) is 1. The van der Waals surface area contributed by atoms with E-state index in [4.69, 9.17) is 16.3 Å². The first-order valence-electron chi connectivity index (χ1n) is 14.6. The minimum absolute atomic E-state index is 0.0157. The molecule has 4 rings (SSSR count). The van der Waals surface area contributed by atoms with Gasteiger partial charge in [-0.2, -0.15) is 0 Å². The van der Waals surface area contributed by atoms with E-state index < -0.39 is 28.5 Å². The van der Waals surface area contributed by atoms with Gasteiger partial charge in [0.15, 0.2) is 0 Å². The molecule has 1 N–H and O–H groups in total. The minimum Gasteiger partial charge on any atom is -0.497 e. The number of hydrogen-bond acceptors (Lipinski definition) is 5. The van der Waals surface area contributed by atoms with Gasteiger partial charge in [0.2, 0.25) is 11.8 Å². The molecular weight excluding hydrogens is 610 g/mol. The Morgan fingerprint density at radius 2 is 1.51 bits per heavy atom. The molecular formula is C35H38ClN3O5S. The van der Waals surface area contributed by atoms with E-state index in [0.29, 0.717) is 16.5 Å². The fourth-order valence-corrected chi connectivity index (χ4v) is 6.42. The summed E-state index contributed by atoms with van der Waals surface area (Å²) < 4.78 is 34.7. The zero-order valence-electron chi connectivity index (χ0n) is 25.8. The average molecular weight is 648 g/mol. The van der Waals surface area contributed by atoms with Gasteiger partial charge in [-0.05, 0) is 80.4 Å². The molecule has 1 unspecified atom stereocenters. The van der Waals surface area contributed by atoms with Gasteiger partial charge < -0.3 is 15.0 Å². The van der Waals surface area contributed by atoms with Crippen LogP contribution >= 0.6 is 11.6 Å². The van der Waals surface area contributed by atoms with E-state index in [-0.39, 0.29) is 29.8 Å². The zero-order valence-corrected chi connectivity index (χ0v) is 27.4. The molecule has 8 nitrogen and oxygen atoms in total. The van der Waals surface area contributed by atoms with Crippen molar-refractivity contribution >= 4 is 39.1 Å². The van der Waals surface area contributed by atoms with Gasteiger partial charge >= 0.3 is 0 Å². The number of ether oxygens (including phenoxy) is 1. The molecule has 236 valence electrons. The van der Waals surface area contributed by atoms with Gasteiger partial charge in [-0.3, -0.25) is 13.9 Å². The van der Waals surface area contributed by atoms with Crippen molar-refractivity contribution in [2.45, 2.75) is 50.7 Å². The van der Waals surface area contributed by atoms with Crippen LogP contribution in [0.25, 0.3) is 0 Å². The molecule has 2 amide bonds. The summed E-state index contributed by atoms with van der Waals surface area (Å²) in [4.78, 5) is 29.7. The standard InChI is InChI=1S/C35H38ClN3O5S/c1-25(2)37-35(41)33(22-27-9-6-5-7-10-27)38(23-28-11-8-12-31(21-28)44-4)34(40)24-39(30-17-13-26(3)14-18-30)45(42,43)32-19-15-29(36)16-20-32/h5-21,25,33H,22-24H2,1-4H3,(H,37,41). The SMILES string of the molecule is COc1cccc(CN(C(=O)CN(c2ccc(C)cc2)S(=O)(=O)c2ccc(Cl)cc2)C(Cc2ccccc2)C(=O)NC(C)C)c1. The second-order valence-corrected chi connectivity index (χ2v) is 13.3. The number of anilines is 1. The number of nitrogens with zero attached hydrogens (tertiary/aromatic N) is 2. The molecule has 0 aliphatic carbocycles. The quantitative estimate of drug-likeness (QED) is 0.192. The molecule has 0 heterocycles. The fourth-order valence-electron chi connectivity index (χ4n) is 4.88. The lowest BCUT2D eigenvalue weighted by Gasteiger charge is -2.34. The van der Waals surface area contributed by atoms with E-state index in [1.54, 1.807) is 49.6 Å². The summed E-state index contributed by atoms with van der Waals surface area (Å²) in [7, 11) is -2.66. The summed E-state index contributed by atoms with van der Waals surface area (Å²) in [6.45, 7) is 5.09. The van der Waals surface area contributed by atoms with E-state index in [1.165, 1.54) is 29.2 Å². The van der Waals surface area contributed by atoms with Crippen LogP contribution in [0.4, 0.5) is 5.69 Å². The Kier molecular flexibility index (Phi) is 11.3. The van der Waals surface area contributed by atoms with Crippen LogP contribution in [0.2, 0.25) is 5.02 Å². The fraction of sp³-hybridized carbons (Fsp3) is 0.257. The van der Waals surface area contributed by atoms with Crippen molar-refractivity contribution in [2.75, 3.05) is 18.0 Å². The Labute approximate surface area is 270 Å². The van der Waals surface area contributed by atoms with Crippen LogP contribution in [0.5, 0.6) is 5.75 Å². The van der Waals surface area contributed by atoms with Crippen LogP contribution in [-0.2, 0) is 32.6 Å². The molecule has 0 radical (unpaired) electrons. The summed E-state index contributed by atoms with van der Waals surface area (Å²) in [6.07, 6.45) is 0.226. The average Bonchev–Trinajstić information content (AvgIpc) is 3.02. The van der Waals surface area contributed by atoms with Crippen LogP contribution in [0.3, 0.4) is 0 Å². The van der Waals surface area contributed by atoms with Crippen molar-refractivity contribution in [1.82, 2.24) is 10.2 Å². The van der Waals surface area contributed by atoms with Gasteiger partial charge in [0, 0.05) is 24.0 Å². The van der Waals surface area contributed by atoms with Crippen LogP contribution in [-0.4, -0.2) is 50.9 Å². The molecule has 0 saturated heterocycles. The van der Waals surface area contributed by atoms with E-state index >= 15 is 0 Å². The van der Waals surface area contributed by atoms with Crippen LogP contribution < -0.4 is 14.4 Å². The van der Waals surface area contributed by atoms with E-state index in [0.717, 1.165) is 21.0 Å². The second-order valence-electron chi connectivity index (χ2n) is 11.0. The molecule has 4 aromatic rings. The number of aryl methyl sites for hydroxylation is 1. The van der Waals surface area contributed by atoms with E-state index in [1.807, 2.05) is 57.2 Å². The van der Waals surface area contributed by atoms with Crippen LogP contribution in [0.15, 0.2) is 108 Å². The van der Waals surface area contributed by atoms with Crippen molar-refractivity contribution in [2.24, 2.45) is 0 Å². The van der Waals surface area contributed by atoms with E-state index in [2.05, 4.69) is 5.32 Å². The van der Waals surface area contributed by atoms with Gasteiger partial charge in [-0.25, -0.2) is 8.42 Å². The second kappa shape index (κ2) is 15.1. The highest BCUT2D eigenvalue weighted by Gasteiger charge is 2.35. The minimum atomic E-state index is -4.21. The maximum Gasteiger partial charge on any atom is 0.264 e. The topological polar surface area (TPSA) is 96.0 Å². The summed E-state index contributed by atoms with van der Waals surface area (Å²) in [5.41, 5.74) is 2.83. The van der Waals surface area contributed by atoms with Crippen molar-refractivity contribution in [1.29, 1.82) is 0 Å². The lowest BCUT2D eigenvalue weighted by molar-refractivity contribution is -0.140. The van der Waals surface area contributed by atoms with Crippen molar-refractivity contribution in [3.05, 3.63) is 125 Å². The Morgan fingerprint density at radius 1 is 0.867 bits per heavy atom. The molecule has 0 aromatic heterocycles. The highest BCUT2D eigenvalue weighted by molar-refractivity contribution is 7.92. The van der Waals surface area contributed by atoms with Crippen molar-refractivity contribution in [3.8, 4) is 5.75 Å². The molecule has 45 heavy (non-hydrogen) atoms. The third-order valence-corrected chi connectivity index (χ3v) is 9.23. The summed E-state index contributed by atoms with van der Waals surface area (Å²) in [5.74, 6) is -0.291. The Hall–Kier alpha value is -4.34. The molecule has 0 aliphatic rings. The highest BCUT2D eigenvalue weighted by atomic mass is 35.5. The lowest BCUT2D eigenvalue weighted by atomic mass is 10.0. The summed E-state index contributed by atoms with van der Waals surface area (Å²) in [5, 5.41) is 3.34. The summed E-state index contributed by atoms with van der Waals surface area (Å²) in [6, 6.07) is 28.2. The van der Waals surface area contributed by atoms with Crippen molar-refractivity contribution in [3.63, 3.8) is 0 Å². The zero-order chi connectivity index (χ0) is 32.6. The van der Waals surface area contributed by atoms with Crippen LogP contribution in [0, 0.1) is 6.92 Å². The summed E-state index contributed by atoms with van der Waals surface area (Å²) >= 11 is 6.05. The Bertz CT molecular complexity index is 1700. The predicted molar refractivity (Wildman–Crippen MR) is 178 cm³/mol. The molecule has 0 bridgehead atoms. The third kappa shape index (κ3) is 8.86. The first-order chi connectivity index (χ1) is 21.5. The van der Waals surface area contributed by atoms with Gasteiger partial charge in [-0.15, -0.1) is 0 Å². The normalized spacial score (nSPS) is 12.0. The third-order valence-electron chi connectivity index (χ3n) is 7.19. The first kappa shape index (κ1) is 33.6. The number of rotatable bonds is 13. The van der Waals surface area contributed by atoms with E-state index in [9.17, 15) is 18.0 Å². The number of carbonyl (C=O) groups is 2. The Balaban J connectivity index is 1.81. The maximum absolute atomic E-state index is 14.5. The van der Waals surface area contributed by atoms with Crippen molar-refractivity contribution < 1.29 is 22.7 Å². The monoisotopic (exact) mass is 647 g/mol. The first-order valence-corrected chi connectivity index (χ1v) is 16.4. The largest absolute Gasteiger partial charge is 0.497 e. The van der Waals surface area contributed by atoms with Gasteiger partial charge in [0.05, 0.1) is 17.7 Å². The molecule has 4 aromatic carbocycles.